The standard InChI is InChI=1S/C13H20N6/c1-4-14-12(11-6-7-15-10(3)18-11)8-13-16-9-17-19(13)5-2/h6-7,9,12,14H,4-5,8H2,1-3H3. The molecule has 0 saturated heterocycles. The SMILES string of the molecule is CCNC(Cc1ncnn1CC)c1ccnc(C)n1. The van der Waals surface area contributed by atoms with Crippen LogP contribution in [0.3, 0.4) is 0 Å². The summed E-state index contributed by atoms with van der Waals surface area (Å²) in [7, 11) is 0. The maximum absolute atomic E-state index is 4.50. The molecule has 2 heterocycles. The Morgan fingerprint density at radius 1 is 1.32 bits per heavy atom. The highest BCUT2D eigenvalue weighted by Crippen LogP contribution is 2.15. The Kier molecular flexibility index (Phi) is 4.57. The Morgan fingerprint density at radius 3 is 2.84 bits per heavy atom. The molecule has 0 radical (unpaired) electrons. The van der Waals surface area contributed by atoms with Crippen molar-refractivity contribution in [2.24, 2.45) is 0 Å². The van der Waals surface area contributed by atoms with Crippen molar-refractivity contribution in [3.8, 4) is 0 Å². The van der Waals surface area contributed by atoms with E-state index >= 15 is 0 Å². The molecule has 0 saturated carbocycles. The molecule has 0 amide bonds. The smallest absolute Gasteiger partial charge is 0.138 e. The van der Waals surface area contributed by atoms with Gasteiger partial charge in [0.2, 0.25) is 0 Å². The second-order valence-corrected chi connectivity index (χ2v) is 4.34. The maximum Gasteiger partial charge on any atom is 0.138 e. The number of aryl methyl sites for hydroxylation is 2. The van der Waals surface area contributed by atoms with Crippen LogP contribution in [0.15, 0.2) is 18.6 Å². The molecule has 1 atom stereocenters. The minimum Gasteiger partial charge on any atom is -0.309 e. The van der Waals surface area contributed by atoms with E-state index < -0.39 is 0 Å². The van der Waals surface area contributed by atoms with Crippen molar-refractivity contribution in [3.63, 3.8) is 0 Å². The van der Waals surface area contributed by atoms with Gasteiger partial charge in [-0.05, 0) is 26.5 Å². The molecule has 1 unspecified atom stereocenters. The molecule has 6 nitrogen and oxygen atoms in total. The average molecular weight is 260 g/mol. The van der Waals surface area contributed by atoms with Gasteiger partial charge in [0, 0.05) is 19.2 Å². The molecule has 0 aliphatic heterocycles. The molecule has 6 heteroatoms. The lowest BCUT2D eigenvalue weighted by Gasteiger charge is -2.17. The van der Waals surface area contributed by atoms with Gasteiger partial charge in [0.25, 0.3) is 0 Å². The summed E-state index contributed by atoms with van der Waals surface area (Å²) in [6, 6.07) is 2.09. The predicted molar refractivity (Wildman–Crippen MR) is 72.6 cm³/mol. The second-order valence-electron chi connectivity index (χ2n) is 4.34. The summed E-state index contributed by atoms with van der Waals surface area (Å²) in [5.74, 6) is 1.77. The third kappa shape index (κ3) is 3.35. The van der Waals surface area contributed by atoms with Crippen LogP contribution in [-0.4, -0.2) is 31.3 Å². The van der Waals surface area contributed by atoms with E-state index in [9.17, 15) is 0 Å². The number of aromatic nitrogens is 5. The predicted octanol–water partition coefficient (Wildman–Crippen LogP) is 1.29. The highest BCUT2D eigenvalue weighted by Gasteiger charge is 2.16. The van der Waals surface area contributed by atoms with Crippen molar-refractivity contribution >= 4 is 0 Å². The minimum atomic E-state index is 0.140. The Morgan fingerprint density at radius 2 is 2.16 bits per heavy atom. The third-order valence-corrected chi connectivity index (χ3v) is 2.99. The first kappa shape index (κ1) is 13.6. The number of hydrogen-bond donors (Lipinski definition) is 1. The van der Waals surface area contributed by atoms with Crippen molar-refractivity contribution in [2.75, 3.05) is 6.54 Å². The summed E-state index contributed by atoms with van der Waals surface area (Å²) >= 11 is 0. The van der Waals surface area contributed by atoms with Gasteiger partial charge in [-0.15, -0.1) is 0 Å². The van der Waals surface area contributed by atoms with Crippen LogP contribution in [0, 0.1) is 6.92 Å². The summed E-state index contributed by atoms with van der Waals surface area (Å²) in [5.41, 5.74) is 1.00. The van der Waals surface area contributed by atoms with Crippen LogP contribution in [0.2, 0.25) is 0 Å². The van der Waals surface area contributed by atoms with Crippen molar-refractivity contribution in [1.82, 2.24) is 30.0 Å². The molecule has 2 aromatic rings. The average Bonchev–Trinajstić information content (AvgIpc) is 2.85. The second kappa shape index (κ2) is 6.38. The highest BCUT2D eigenvalue weighted by molar-refractivity contribution is 5.10. The van der Waals surface area contributed by atoms with E-state index in [1.54, 1.807) is 12.5 Å². The molecular weight excluding hydrogens is 240 g/mol. The molecule has 0 bridgehead atoms. The van der Waals surface area contributed by atoms with Gasteiger partial charge in [0.15, 0.2) is 0 Å². The zero-order valence-electron chi connectivity index (χ0n) is 11.7. The maximum atomic E-state index is 4.50. The lowest BCUT2D eigenvalue weighted by Crippen LogP contribution is -2.25. The van der Waals surface area contributed by atoms with E-state index in [2.05, 4.69) is 39.2 Å². The molecule has 2 rings (SSSR count). The van der Waals surface area contributed by atoms with Crippen molar-refractivity contribution < 1.29 is 0 Å². The molecule has 0 spiro atoms. The third-order valence-electron chi connectivity index (χ3n) is 2.99. The topological polar surface area (TPSA) is 68.5 Å². The highest BCUT2D eigenvalue weighted by atomic mass is 15.3. The van der Waals surface area contributed by atoms with Crippen LogP contribution in [0.1, 0.15) is 37.2 Å². The van der Waals surface area contributed by atoms with E-state index in [0.29, 0.717) is 0 Å². The fraction of sp³-hybridized carbons (Fsp3) is 0.538. The van der Waals surface area contributed by atoms with Gasteiger partial charge >= 0.3 is 0 Å². The molecule has 1 N–H and O–H groups in total. The first-order valence-electron chi connectivity index (χ1n) is 6.64. The van der Waals surface area contributed by atoms with Crippen LogP contribution in [0.4, 0.5) is 0 Å². The van der Waals surface area contributed by atoms with Gasteiger partial charge in [0.1, 0.15) is 18.0 Å². The van der Waals surface area contributed by atoms with E-state index in [1.165, 1.54) is 0 Å². The number of hydrogen-bond acceptors (Lipinski definition) is 5. The summed E-state index contributed by atoms with van der Waals surface area (Å²) in [5, 5.41) is 7.65. The van der Waals surface area contributed by atoms with E-state index in [4.69, 9.17) is 0 Å². The van der Waals surface area contributed by atoms with Crippen molar-refractivity contribution in [1.29, 1.82) is 0 Å². The molecule has 0 aliphatic carbocycles. The van der Waals surface area contributed by atoms with Gasteiger partial charge in [-0.2, -0.15) is 5.10 Å². The summed E-state index contributed by atoms with van der Waals surface area (Å²) < 4.78 is 1.92. The van der Waals surface area contributed by atoms with Gasteiger partial charge in [-0.25, -0.2) is 15.0 Å². The minimum absolute atomic E-state index is 0.140. The largest absolute Gasteiger partial charge is 0.309 e. The van der Waals surface area contributed by atoms with E-state index in [1.807, 2.05) is 17.7 Å². The lowest BCUT2D eigenvalue weighted by molar-refractivity contribution is 0.498. The molecule has 102 valence electrons. The van der Waals surface area contributed by atoms with Gasteiger partial charge in [-0.3, -0.25) is 4.68 Å². The molecular formula is C13H20N6. The van der Waals surface area contributed by atoms with E-state index in [-0.39, 0.29) is 6.04 Å². The first-order chi connectivity index (χ1) is 9.24. The monoisotopic (exact) mass is 260 g/mol. The fourth-order valence-corrected chi connectivity index (χ4v) is 2.09. The summed E-state index contributed by atoms with van der Waals surface area (Å²) in [4.78, 5) is 13.0. The zero-order valence-corrected chi connectivity index (χ0v) is 11.7. The zero-order chi connectivity index (χ0) is 13.7. The molecule has 19 heavy (non-hydrogen) atoms. The number of nitrogens with one attached hydrogen (secondary N) is 1. The Bertz CT molecular complexity index is 521. The number of rotatable bonds is 6. The molecule has 0 aliphatic rings. The van der Waals surface area contributed by atoms with Crippen LogP contribution >= 0.6 is 0 Å². The van der Waals surface area contributed by atoms with Crippen LogP contribution in [0.5, 0.6) is 0 Å². The first-order valence-corrected chi connectivity index (χ1v) is 6.64. The van der Waals surface area contributed by atoms with Crippen LogP contribution < -0.4 is 5.32 Å². The quantitative estimate of drug-likeness (QED) is 0.847. The summed E-state index contributed by atoms with van der Waals surface area (Å²) in [6.45, 7) is 7.77. The molecule has 0 fully saturated rings. The summed E-state index contributed by atoms with van der Waals surface area (Å²) in [6.07, 6.45) is 4.18. The normalized spacial score (nSPS) is 12.6. The Labute approximate surface area is 113 Å². The Hall–Kier alpha value is -1.82. The van der Waals surface area contributed by atoms with Crippen molar-refractivity contribution in [3.05, 3.63) is 35.9 Å². The van der Waals surface area contributed by atoms with Gasteiger partial charge in [-0.1, -0.05) is 6.92 Å². The Balaban J connectivity index is 2.21. The van der Waals surface area contributed by atoms with Crippen LogP contribution in [-0.2, 0) is 13.0 Å². The van der Waals surface area contributed by atoms with Crippen molar-refractivity contribution in [2.45, 2.75) is 39.8 Å². The van der Waals surface area contributed by atoms with E-state index in [0.717, 1.165) is 36.9 Å². The van der Waals surface area contributed by atoms with Gasteiger partial charge in [0.05, 0.1) is 11.7 Å². The van der Waals surface area contributed by atoms with Gasteiger partial charge < -0.3 is 5.32 Å². The number of likely N-dealkylation sites (N-methyl/N-ethyl adjacent to an activating group) is 1. The number of nitrogens with zero attached hydrogens (tertiary/aromatic N) is 5. The fourth-order valence-electron chi connectivity index (χ4n) is 2.09. The molecule has 2 aromatic heterocycles. The van der Waals surface area contributed by atoms with Crippen LogP contribution in [0.25, 0.3) is 0 Å². The molecule has 0 aromatic carbocycles. The lowest BCUT2D eigenvalue weighted by atomic mass is 10.1.